The van der Waals surface area contributed by atoms with Gasteiger partial charge in [0.1, 0.15) is 0 Å². The molecule has 0 saturated heterocycles. The van der Waals surface area contributed by atoms with Gasteiger partial charge in [0.05, 0.1) is 11.4 Å². The number of benzene rings is 1. The van der Waals surface area contributed by atoms with Crippen LogP contribution in [-0.2, 0) is 14.8 Å². The van der Waals surface area contributed by atoms with Gasteiger partial charge >= 0.3 is 0 Å². The molecule has 0 saturated carbocycles. The molecular weight excluding hydrogens is 332 g/mol. The summed E-state index contributed by atoms with van der Waals surface area (Å²) in [6.07, 6.45) is 0. The Morgan fingerprint density at radius 1 is 1.37 bits per heavy atom. The number of halogens is 1. The summed E-state index contributed by atoms with van der Waals surface area (Å²) in [7, 11) is -2.29. The van der Waals surface area contributed by atoms with E-state index in [1.807, 2.05) is 13.8 Å². The minimum Gasteiger partial charge on any atom is -0.353 e. The third-order valence-electron chi connectivity index (χ3n) is 2.34. The molecular formula is C12H17BrN2O3S. The fraction of sp³-hybridized carbons (Fsp3) is 0.417. The van der Waals surface area contributed by atoms with Crippen molar-refractivity contribution in [1.29, 1.82) is 0 Å². The molecule has 0 aliphatic rings. The zero-order valence-corrected chi connectivity index (χ0v) is 13.5. The van der Waals surface area contributed by atoms with Gasteiger partial charge in [-0.15, -0.1) is 0 Å². The number of likely N-dealkylation sites (N-methyl/N-ethyl adjacent to an activating group) is 1. The molecule has 0 bridgehead atoms. The Balaban J connectivity index is 2.90. The molecule has 1 N–H and O–H groups in total. The SMILES string of the molecule is CC(C)NC(=O)CN(C)S(=O)(=O)c1ccccc1Br. The molecule has 0 heterocycles. The monoisotopic (exact) mass is 348 g/mol. The zero-order chi connectivity index (χ0) is 14.6. The average Bonchev–Trinajstić information content (AvgIpc) is 2.27. The maximum Gasteiger partial charge on any atom is 0.244 e. The van der Waals surface area contributed by atoms with E-state index < -0.39 is 10.0 Å². The zero-order valence-electron chi connectivity index (χ0n) is 11.1. The first-order chi connectivity index (χ1) is 8.75. The third-order valence-corrected chi connectivity index (χ3v) is 5.16. The van der Waals surface area contributed by atoms with Crippen molar-refractivity contribution in [3.63, 3.8) is 0 Å². The first-order valence-corrected chi connectivity index (χ1v) is 7.98. The fourth-order valence-corrected chi connectivity index (χ4v) is 3.56. The van der Waals surface area contributed by atoms with E-state index >= 15 is 0 Å². The maximum absolute atomic E-state index is 12.3. The van der Waals surface area contributed by atoms with E-state index in [-0.39, 0.29) is 23.4 Å². The summed E-state index contributed by atoms with van der Waals surface area (Å²) in [5.74, 6) is -0.326. The standard InChI is InChI=1S/C12H17BrN2O3S/c1-9(2)14-12(16)8-15(3)19(17,18)11-7-5-4-6-10(11)13/h4-7,9H,8H2,1-3H3,(H,14,16). The van der Waals surface area contributed by atoms with Gasteiger partial charge in [0.2, 0.25) is 15.9 Å². The average molecular weight is 349 g/mol. The van der Waals surface area contributed by atoms with E-state index in [9.17, 15) is 13.2 Å². The van der Waals surface area contributed by atoms with Gasteiger partial charge in [0, 0.05) is 17.6 Å². The normalized spacial score (nSPS) is 11.9. The highest BCUT2D eigenvalue weighted by Gasteiger charge is 2.24. The van der Waals surface area contributed by atoms with E-state index in [4.69, 9.17) is 0 Å². The van der Waals surface area contributed by atoms with E-state index in [0.29, 0.717) is 4.47 Å². The predicted molar refractivity (Wildman–Crippen MR) is 77.2 cm³/mol. The Hall–Kier alpha value is -0.920. The number of nitrogens with one attached hydrogen (secondary N) is 1. The van der Waals surface area contributed by atoms with Crippen molar-refractivity contribution in [2.24, 2.45) is 0 Å². The Labute approximate surface area is 122 Å². The summed E-state index contributed by atoms with van der Waals surface area (Å²) in [6.45, 7) is 3.43. The van der Waals surface area contributed by atoms with E-state index in [1.165, 1.54) is 13.1 Å². The molecule has 0 unspecified atom stereocenters. The fourth-order valence-electron chi connectivity index (χ4n) is 1.48. The molecule has 19 heavy (non-hydrogen) atoms. The van der Waals surface area contributed by atoms with Crippen LogP contribution in [0.5, 0.6) is 0 Å². The number of sulfonamides is 1. The second-order valence-electron chi connectivity index (χ2n) is 4.41. The summed E-state index contributed by atoms with van der Waals surface area (Å²) in [6, 6.07) is 6.49. The van der Waals surface area contributed by atoms with Crippen LogP contribution in [0.15, 0.2) is 33.6 Å². The van der Waals surface area contributed by atoms with Crippen molar-refractivity contribution in [2.45, 2.75) is 24.8 Å². The summed E-state index contributed by atoms with van der Waals surface area (Å²) < 4.78 is 26.1. The molecule has 0 atom stereocenters. The quantitative estimate of drug-likeness (QED) is 0.878. The van der Waals surface area contributed by atoms with Crippen LogP contribution in [-0.4, -0.2) is 38.3 Å². The molecule has 0 fully saturated rings. The van der Waals surface area contributed by atoms with E-state index in [0.717, 1.165) is 4.31 Å². The molecule has 1 rings (SSSR count). The molecule has 0 spiro atoms. The number of carbonyl (C=O) groups is 1. The van der Waals surface area contributed by atoms with Crippen LogP contribution >= 0.6 is 15.9 Å². The van der Waals surface area contributed by atoms with Gasteiger partial charge in [-0.3, -0.25) is 4.79 Å². The Morgan fingerprint density at radius 2 is 1.95 bits per heavy atom. The second-order valence-corrected chi connectivity index (χ2v) is 7.28. The lowest BCUT2D eigenvalue weighted by Gasteiger charge is -2.18. The molecule has 1 aromatic rings. The number of carbonyl (C=O) groups excluding carboxylic acids is 1. The molecule has 5 nitrogen and oxygen atoms in total. The number of amides is 1. The largest absolute Gasteiger partial charge is 0.353 e. The van der Waals surface area contributed by atoms with Crippen LogP contribution < -0.4 is 5.32 Å². The Morgan fingerprint density at radius 3 is 2.47 bits per heavy atom. The van der Waals surface area contributed by atoms with Crippen LogP contribution in [0.1, 0.15) is 13.8 Å². The minimum absolute atomic E-state index is 0.0212. The lowest BCUT2D eigenvalue weighted by molar-refractivity contribution is -0.121. The van der Waals surface area contributed by atoms with Gasteiger partial charge in [0.25, 0.3) is 0 Å². The first-order valence-electron chi connectivity index (χ1n) is 5.75. The van der Waals surface area contributed by atoms with Crippen molar-refractivity contribution in [1.82, 2.24) is 9.62 Å². The molecule has 106 valence electrons. The number of hydrogen-bond donors (Lipinski definition) is 1. The molecule has 1 amide bonds. The van der Waals surface area contributed by atoms with Crippen LogP contribution in [0, 0.1) is 0 Å². The minimum atomic E-state index is -3.67. The highest BCUT2D eigenvalue weighted by Crippen LogP contribution is 2.23. The molecule has 0 aliphatic heterocycles. The lowest BCUT2D eigenvalue weighted by atomic mass is 10.4. The Kier molecular flexibility index (Phi) is 5.51. The molecule has 0 aromatic heterocycles. The number of nitrogens with zero attached hydrogens (tertiary/aromatic N) is 1. The van der Waals surface area contributed by atoms with Gasteiger partial charge in [-0.25, -0.2) is 8.42 Å². The van der Waals surface area contributed by atoms with Crippen molar-refractivity contribution in [2.75, 3.05) is 13.6 Å². The van der Waals surface area contributed by atoms with Gasteiger partial charge in [-0.2, -0.15) is 4.31 Å². The highest BCUT2D eigenvalue weighted by molar-refractivity contribution is 9.10. The summed E-state index contributed by atoms with van der Waals surface area (Å²) in [5.41, 5.74) is 0. The van der Waals surface area contributed by atoms with Crippen molar-refractivity contribution < 1.29 is 13.2 Å². The molecule has 1 aromatic carbocycles. The van der Waals surface area contributed by atoms with Crippen LogP contribution in [0.2, 0.25) is 0 Å². The molecule has 7 heteroatoms. The summed E-state index contributed by atoms with van der Waals surface area (Å²) in [4.78, 5) is 11.7. The van der Waals surface area contributed by atoms with Crippen LogP contribution in [0.3, 0.4) is 0 Å². The van der Waals surface area contributed by atoms with Gasteiger partial charge in [-0.05, 0) is 41.9 Å². The van der Waals surface area contributed by atoms with E-state index in [2.05, 4.69) is 21.2 Å². The maximum atomic E-state index is 12.3. The number of hydrogen-bond acceptors (Lipinski definition) is 3. The van der Waals surface area contributed by atoms with E-state index in [1.54, 1.807) is 18.2 Å². The second kappa shape index (κ2) is 6.49. The van der Waals surface area contributed by atoms with Crippen molar-refractivity contribution in [3.8, 4) is 0 Å². The molecule has 0 radical (unpaired) electrons. The lowest BCUT2D eigenvalue weighted by Crippen LogP contribution is -2.40. The predicted octanol–water partition coefficient (Wildman–Crippen LogP) is 1.59. The third kappa shape index (κ3) is 4.29. The van der Waals surface area contributed by atoms with Crippen molar-refractivity contribution in [3.05, 3.63) is 28.7 Å². The van der Waals surface area contributed by atoms with Gasteiger partial charge in [-0.1, -0.05) is 12.1 Å². The highest BCUT2D eigenvalue weighted by atomic mass is 79.9. The molecule has 0 aliphatic carbocycles. The Bertz CT molecular complexity index is 558. The summed E-state index contributed by atoms with van der Waals surface area (Å²) in [5, 5.41) is 2.66. The van der Waals surface area contributed by atoms with Gasteiger partial charge in [0.15, 0.2) is 0 Å². The van der Waals surface area contributed by atoms with Crippen molar-refractivity contribution >= 4 is 31.9 Å². The topological polar surface area (TPSA) is 66.5 Å². The van der Waals surface area contributed by atoms with Crippen LogP contribution in [0.4, 0.5) is 0 Å². The van der Waals surface area contributed by atoms with Crippen LogP contribution in [0.25, 0.3) is 0 Å². The first kappa shape index (κ1) is 16.1. The number of rotatable bonds is 5. The summed E-state index contributed by atoms with van der Waals surface area (Å²) >= 11 is 3.20. The van der Waals surface area contributed by atoms with Gasteiger partial charge < -0.3 is 5.32 Å². The smallest absolute Gasteiger partial charge is 0.244 e.